The topological polar surface area (TPSA) is 29.3 Å². The highest BCUT2D eigenvalue weighted by Crippen LogP contribution is 2.32. The van der Waals surface area contributed by atoms with Crippen LogP contribution < -0.4 is 10.6 Å². The van der Waals surface area contributed by atoms with Gasteiger partial charge in [-0.2, -0.15) is 0 Å². The van der Waals surface area contributed by atoms with E-state index < -0.39 is 0 Å². The van der Waals surface area contributed by atoms with E-state index in [0.29, 0.717) is 6.54 Å². The Balaban J connectivity index is 2.23. The normalized spacial score (nSPS) is 19.9. The van der Waals surface area contributed by atoms with E-state index in [9.17, 15) is 0 Å². The molecule has 2 nitrogen and oxygen atoms in total. The van der Waals surface area contributed by atoms with Crippen LogP contribution in [0.2, 0.25) is 5.02 Å². The predicted molar refractivity (Wildman–Crippen MR) is 74.8 cm³/mol. The minimum atomic E-state index is 0.655. The van der Waals surface area contributed by atoms with E-state index in [0.717, 1.165) is 30.5 Å². The lowest BCUT2D eigenvalue weighted by atomic mass is 10.1. The summed E-state index contributed by atoms with van der Waals surface area (Å²) in [6.45, 7) is 5.24. The Morgan fingerprint density at radius 2 is 2.29 bits per heavy atom. The van der Waals surface area contributed by atoms with Crippen molar-refractivity contribution in [3.8, 4) is 0 Å². The molecule has 0 aliphatic carbocycles. The summed E-state index contributed by atoms with van der Waals surface area (Å²) in [6, 6.07) is 6.18. The van der Waals surface area contributed by atoms with Crippen LogP contribution in [0.3, 0.4) is 0 Å². The van der Waals surface area contributed by atoms with Crippen molar-refractivity contribution >= 4 is 17.3 Å². The molecule has 0 radical (unpaired) electrons. The molecular formula is C14H21ClN2. The van der Waals surface area contributed by atoms with Crippen molar-refractivity contribution < 1.29 is 0 Å². The highest BCUT2D eigenvalue weighted by molar-refractivity contribution is 6.31. The van der Waals surface area contributed by atoms with E-state index in [4.69, 9.17) is 17.3 Å². The maximum Gasteiger partial charge on any atom is 0.0459 e. The highest BCUT2D eigenvalue weighted by atomic mass is 35.5. The second kappa shape index (κ2) is 5.74. The molecule has 2 N–H and O–H groups in total. The Bertz CT molecular complexity index is 378. The van der Waals surface area contributed by atoms with Gasteiger partial charge in [-0.3, -0.25) is 0 Å². The molecule has 2 rings (SSSR count). The lowest BCUT2D eigenvalue weighted by molar-refractivity contribution is 0.569. The third-order valence-corrected chi connectivity index (χ3v) is 4.05. The maximum atomic E-state index is 6.27. The smallest absolute Gasteiger partial charge is 0.0459 e. The summed E-state index contributed by atoms with van der Waals surface area (Å²) in [5.41, 5.74) is 8.18. The molecule has 1 fully saturated rings. The van der Waals surface area contributed by atoms with Crippen LogP contribution in [-0.4, -0.2) is 19.6 Å². The first kappa shape index (κ1) is 12.7. The van der Waals surface area contributed by atoms with Crippen LogP contribution in [0.1, 0.15) is 25.3 Å². The summed E-state index contributed by atoms with van der Waals surface area (Å²) in [4.78, 5) is 2.46. The summed E-state index contributed by atoms with van der Waals surface area (Å²) < 4.78 is 0. The number of nitrogens with zero attached hydrogens (tertiary/aromatic N) is 1. The molecule has 1 aliphatic rings. The van der Waals surface area contributed by atoms with Crippen LogP contribution in [0.25, 0.3) is 0 Å². The zero-order valence-electron chi connectivity index (χ0n) is 10.5. The molecule has 1 atom stereocenters. The van der Waals surface area contributed by atoms with Crippen LogP contribution in [0, 0.1) is 5.92 Å². The standard InChI is InChI=1S/C14H21ClN2/c1-2-11-7-9-17(10-11)14-5-3-4-13(15)12(14)6-8-16/h3-5,11H,2,6-10,16H2,1H3. The zero-order chi connectivity index (χ0) is 12.3. The summed E-state index contributed by atoms with van der Waals surface area (Å²) >= 11 is 6.27. The molecule has 3 heteroatoms. The minimum absolute atomic E-state index is 0.655. The Hall–Kier alpha value is -0.730. The monoisotopic (exact) mass is 252 g/mol. The third kappa shape index (κ3) is 2.75. The van der Waals surface area contributed by atoms with E-state index in [2.05, 4.69) is 17.9 Å². The predicted octanol–water partition coefficient (Wildman–Crippen LogP) is 3.08. The fraction of sp³-hybridized carbons (Fsp3) is 0.571. The van der Waals surface area contributed by atoms with E-state index in [-0.39, 0.29) is 0 Å². The minimum Gasteiger partial charge on any atom is -0.371 e. The van der Waals surface area contributed by atoms with Gasteiger partial charge in [0, 0.05) is 23.8 Å². The van der Waals surface area contributed by atoms with Crippen molar-refractivity contribution in [2.24, 2.45) is 11.7 Å². The molecule has 1 aromatic carbocycles. The van der Waals surface area contributed by atoms with Gasteiger partial charge in [0.1, 0.15) is 0 Å². The number of halogens is 1. The molecule has 1 aromatic rings. The fourth-order valence-corrected chi connectivity index (χ4v) is 2.88. The number of benzene rings is 1. The van der Waals surface area contributed by atoms with Crippen LogP contribution in [0.15, 0.2) is 18.2 Å². The summed E-state index contributed by atoms with van der Waals surface area (Å²) in [6.07, 6.45) is 3.43. The fourth-order valence-electron chi connectivity index (χ4n) is 2.62. The van der Waals surface area contributed by atoms with Gasteiger partial charge < -0.3 is 10.6 Å². The number of hydrogen-bond acceptors (Lipinski definition) is 2. The first-order chi connectivity index (χ1) is 8.26. The van der Waals surface area contributed by atoms with Gasteiger partial charge in [0.05, 0.1) is 0 Å². The van der Waals surface area contributed by atoms with Crippen molar-refractivity contribution in [3.63, 3.8) is 0 Å². The molecule has 0 saturated carbocycles. The van der Waals surface area contributed by atoms with Crippen LogP contribution >= 0.6 is 11.6 Å². The lowest BCUT2D eigenvalue weighted by Gasteiger charge is -2.22. The lowest BCUT2D eigenvalue weighted by Crippen LogP contribution is -2.21. The Labute approximate surface area is 109 Å². The van der Waals surface area contributed by atoms with Crippen molar-refractivity contribution in [2.45, 2.75) is 26.2 Å². The molecule has 1 unspecified atom stereocenters. The van der Waals surface area contributed by atoms with Gasteiger partial charge in [-0.15, -0.1) is 0 Å². The van der Waals surface area contributed by atoms with Gasteiger partial charge in [-0.1, -0.05) is 31.0 Å². The second-order valence-corrected chi connectivity index (χ2v) is 5.19. The third-order valence-electron chi connectivity index (χ3n) is 3.69. The van der Waals surface area contributed by atoms with Gasteiger partial charge in [0.25, 0.3) is 0 Å². The molecule has 0 bridgehead atoms. The first-order valence-corrected chi connectivity index (χ1v) is 6.86. The van der Waals surface area contributed by atoms with Gasteiger partial charge in [0.2, 0.25) is 0 Å². The second-order valence-electron chi connectivity index (χ2n) is 4.79. The summed E-state index contributed by atoms with van der Waals surface area (Å²) in [5, 5.41) is 0.855. The SMILES string of the molecule is CCC1CCN(c2cccc(Cl)c2CCN)C1. The van der Waals surface area contributed by atoms with Crippen molar-refractivity contribution in [1.82, 2.24) is 0 Å². The van der Waals surface area contributed by atoms with Crippen LogP contribution in [0.4, 0.5) is 5.69 Å². The Kier molecular flexibility index (Phi) is 4.30. The molecule has 1 saturated heterocycles. The summed E-state index contributed by atoms with van der Waals surface area (Å²) in [5.74, 6) is 0.833. The van der Waals surface area contributed by atoms with Gasteiger partial charge >= 0.3 is 0 Å². The molecule has 0 amide bonds. The Morgan fingerprint density at radius 3 is 2.94 bits per heavy atom. The average Bonchev–Trinajstić information content (AvgIpc) is 2.80. The van der Waals surface area contributed by atoms with Crippen molar-refractivity contribution in [3.05, 3.63) is 28.8 Å². The summed E-state index contributed by atoms with van der Waals surface area (Å²) in [7, 11) is 0. The number of nitrogens with two attached hydrogens (primary N) is 1. The van der Waals surface area contributed by atoms with Gasteiger partial charge in [-0.25, -0.2) is 0 Å². The van der Waals surface area contributed by atoms with Crippen molar-refractivity contribution in [2.75, 3.05) is 24.5 Å². The maximum absolute atomic E-state index is 6.27. The Morgan fingerprint density at radius 1 is 1.47 bits per heavy atom. The molecule has 0 aromatic heterocycles. The van der Waals surface area contributed by atoms with E-state index >= 15 is 0 Å². The molecule has 17 heavy (non-hydrogen) atoms. The molecule has 94 valence electrons. The van der Waals surface area contributed by atoms with Crippen molar-refractivity contribution in [1.29, 1.82) is 0 Å². The molecule has 1 aliphatic heterocycles. The van der Waals surface area contributed by atoms with E-state index in [1.807, 2.05) is 12.1 Å². The quantitative estimate of drug-likeness (QED) is 0.893. The van der Waals surface area contributed by atoms with Crippen LogP contribution in [0.5, 0.6) is 0 Å². The number of anilines is 1. The molecule has 1 heterocycles. The zero-order valence-corrected chi connectivity index (χ0v) is 11.2. The van der Waals surface area contributed by atoms with Crippen LogP contribution in [-0.2, 0) is 6.42 Å². The molecular weight excluding hydrogens is 232 g/mol. The van der Waals surface area contributed by atoms with Gasteiger partial charge in [-0.05, 0) is 43.0 Å². The van der Waals surface area contributed by atoms with Gasteiger partial charge in [0.15, 0.2) is 0 Å². The largest absolute Gasteiger partial charge is 0.371 e. The number of hydrogen-bond donors (Lipinski definition) is 1. The van der Waals surface area contributed by atoms with E-state index in [1.54, 1.807) is 0 Å². The highest BCUT2D eigenvalue weighted by Gasteiger charge is 2.23. The van der Waals surface area contributed by atoms with E-state index in [1.165, 1.54) is 24.1 Å². The average molecular weight is 253 g/mol. The first-order valence-electron chi connectivity index (χ1n) is 6.48. The number of rotatable bonds is 4. The molecule has 0 spiro atoms.